The van der Waals surface area contributed by atoms with E-state index in [9.17, 15) is 0 Å². The number of benzene rings is 1. The Morgan fingerprint density at radius 1 is 1.25 bits per heavy atom. The highest BCUT2D eigenvalue weighted by molar-refractivity contribution is 9.10. The molecule has 2 aliphatic rings. The Kier molecular flexibility index (Phi) is 4.79. The largest absolute Gasteiger partial charge is 0.310 e. The van der Waals surface area contributed by atoms with Gasteiger partial charge in [0.2, 0.25) is 0 Å². The highest BCUT2D eigenvalue weighted by atomic mass is 79.9. The molecule has 110 valence electrons. The summed E-state index contributed by atoms with van der Waals surface area (Å²) in [5, 5.41) is 3.87. The van der Waals surface area contributed by atoms with Crippen molar-refractivity contribution in [3.8, 4) is 0 Å². The third-order valence-corrected chi connectivity index (χ3v) is 5.65. The van der Waals surface area contributed by atoms with E-state index in [1.807, 2.05) is 0 Å². The number of likely N-dealkylation sites (N-methyl/N-ethyl adjacent to an activating group) is 1. The average molecular weight is 337 g/mol. The number of rotatable bonds is 4. The number of halogens is 1. The lowest BCUT2D eigenvalue weighted by Gasteiger charge is -2.24. The molecule has 1 aliphatic carbocycles. The Morgan fingerprint density at radius 2 is 2.05 bits per heavy atom. The Bertz CT molecular complexity index is 434. The first kappa shape index (κ1) is 14.6. The predicted molar refractivity (Wildman–Crippen MR) is 87.8 cm³/mol. The molecule has 0 radical (unpaired) electrons. The summed E-state index contributed by atoms with van der Waals surface area (Å²) in [4.78, 5) is 2.45. The van der Waals surface area contributed by atoms with Gasteiger partial charge in [0.05, 0.1) is 0 Å². The van der Waals surface area contributed by atoms with Crippen LogP contribution in [0.15, 0.2) is 28.7 Å². The van der Waals surface area contributed by atoms with Gasteiger partial charge in [0.25, 0.3) is 0 Å². The first-order valence-corrected chi connectivity index (χ1v) is 8.69. The van der Waals surface area contributed by atoms with Crippen molar-refractivity contribution in [3.05, 3.63) is 34.3 Å². The fourth-order valence-corrected chi connectivity index (χ4v) is 4.34. The summed E-state index contributed by atoms with van der Waals surface area (Å²) < 4.78 is 1.22. The summed E-state index contributed by atoms with van der Waals surface area (Å²) in [6.45, 7) is 2.18. The van der Waals surface area contributed by atoms with E-state index in [-0.39, 0.29) is 0 Å². The van der Waals surface area contributed by atoms with Crippen LogP contribution >= 0.6 is 15.9 Å². The third kappa shape index (κ3) is 3.44. The van der Waals surface area contributed by atoms with Gasteiger partial charge >= 0.3 is 0 Å². The zero-order chi connectivity index (χ0) is 13.9. The maximum atomic E-state index is 3.87. The van der Waals surface area contributed by atoms with Crippen LogP contribution in [0.25, 0.3) is 0 Å². The topological polar surface area (TPSA) is 15.3 Å². The summed E-state index contributed by atoms with van der Waals surface area (Å²) in [6, 6.07) is 10.0. The Labute approximate surface area is 131 Å². The molecule has 1 aromatic carbocycles. The second-order valence-electron chi connectivity index (χ2n) is 6.54. The number of nitrogens with zero attached hydrogens (tertiary/aromatic N) is 1. The number of hydrogen-bond donors (Lipinski definition) is 1. The maximum Gasteiger partial charge on any atom is 0.0242 e. The molecule has 0 bridgehead atoms. The maximum absolute atomic E-state index is 3.87. The number of nitrogens with one attached hydrogen (secondary N) is 1. The van der Waals surface area contributed by atoms with Crippen molar-refractivity contribution in [1.29, 1.82) is 0 Å². The second-order valence-corrected chi connectivity index (χ2v) is 7.39. The van der Waals surface area contributed by atoms with Crippen LogP contribution in [0.4, 0.5) is 0 Å². The van der Waals surface area contributed by atoms with Crippen molar-refractivity contribution in [2.45, 2.75) is 50.7 Å². The van der Waals surface area contributed by atoms with Gasteiger partial charge in [-0.15, -0.1) is 0 Å². The van der Waals surface area contributed by atoms with E-state index in [2.05, 4.69) is 57.5 Å². The fourth-order valence-electron chi connectivity index (χ4n) is 3.93. The predicted octanol–water partition coefficient (Wildman–Crippen LogP) is 3.80. The lowest BCUT2D eigenvalue weighted by atomic mass is 9.85. The Hall–Kier alpha value is -0.380. The van der Waals surface area contributed by atoms with E-state index >= 15 is 0 Å². The van der Waals surface area contributed by atoms with E-state index in [1.54, 1.807) is 0 Å². The van der Waals surface area contributed by atoms with E-state index in [4.69, 9.17) is 0 Å². The quantitative estimate of drug-likeness (QED) is 0.899. The second kappa shape index (κ2) is 6.59. The summed E-state index contributed by atoms with van der Waals surface area (Å²) in [5.41, 5.74) is 1.38. The van der Waals surface area contributed by atoms with Crippen LogP contribution in [0, 0.1) is 5.92 Å². The SMILES string of the molecule is CN(Cc1ccccc1Br)CC1CC2CCCCC2N1. The summed E-state index contributed by atoms with van der Waals surface area (Å²) in [6.07, 6.45) is 7.10. The van der Waals surface area contributed by atoms with Crippen molar-refractivity contribution < 1.29 is 0 Å². The highest BCUT2D eigenvalue weighted by Crippen LogP contribution is 2.33. The normalized spacial score (nSPS) is 29.6. The van der Waals surface area contributed by atoms with Gasteiger partial charge in [-0.2, -0.15) is 0 Å². The molecule has 1 saturated heterocycles. The molecular formula is C17H25BrN2. The molecule has 1 N–H and O–H groups in total. The monoisotopic (exact) mass is 336 g/mol. The Morgan fingerprint density at radius 3 is 2.85 bits per heavy atom. The van der Waals surface area contributed by atoms with Crippen molar-refractivity contribution in [1.82, 2.24) is 10.2 Å². The Balaban J connectivity index is 1.52. The fraction of sp³-hybridized carbons (Fsp3) is 0.647. The molecule has 3 rings (SSSR count). The first-order valence-electron chi connectivity index (χ1n) is 7.90. The number of fused-ring (bicyclic) bond motifs is 1. The van der Waals surface area contributed by atoms with Gasteiger partial charge in [-0.1, -0.05) is 47.0 Å². The highest BCUT2D eigenvalue weighted by Gasteiger charge is 2.35. The van der Waals surface area contributed by atoms with Crippen molar-refractivity contribution >= 4 is 15.9 Å². The molecule has 3 atom stereocenters. The average Bonchev–Trinajstić information content (AvgIpc) is 2.83. The van der Waals surface area contributed by atoms with Gasteiger partial charge < -0.3 is 10.2 Å². The van der Waals surface area contributed by atoms with E-state index in [0.717, 1.165) is 25.0 Å². The molecule has 2 fully saturated rings. The molecular weight excluding hydrogens is 312 g/mol. The van der Waals surface area contributed by atoms with Crippen molar-refractivity contribution in [3.63, 3.8) is 0 Å². The van der Waals surface area contributed by atoms with Crippen LogP contribution in [0.5, 0.6) is 0 Å². The van der Waals surface area contributed by atoms with Crippen molar-refractivity contribution in [2.24, 2.45) is 5.92 Å². The summed E-state index contributed by atoms with van der Waals surface area (Å²) >= 11 is 3.64. The lowest BCUT2D eigenvalue weighted by Crippen LogP contribution is -2.39. The van der Waals surface area contributed by atoms with Gasteiger partial charge in [-0.25, -0.2) is 0 Å². The van der Waals surface area contributed by atoms with Crippen LogP contribution in [-0.4, -0.2) is 30.6 Å². The minimum absolute atomic E-state index is 0.690. The molecule has 2 nitrogen and oxygen atoms in total. The minimum Gasteiger partial charge on any atom is -0.310 e. The van der Waals surface area contributed by atoms with Gasteiger partial charge in [0.15, 0.2) is 0 Å². The summed E-state index contributed by atoms with van der Waals surface area (Å²) in [5.74, 6) is 0.950. The number of hydrogen-bond acceptors (Lipinski definition) is 2. The molecule has 1 heterocycles. The molecule has 20 heavy (non-hydrogen) atoms. The van der Waals surface area contributed by atoms with E-state index < -0.39 is 0 Å². The molecule has 3 unspecified atom stereocenters. The smallest absolute Gasteiger partial charge is 0.0242 e. The van der Waals surface area contributed by atoms with Gasteiger partial charge in [0, 0.05) is 29.6 Å². The van der Waals surface area contributed by atoms with Crippen LogP contribution in [0.2, 0.25) is 0 Å². The molecule has 0 amide bonds. The molecule has 1 saturated carbocycles. The van der Waals surface area contributed by atoms with Gasteiger partial charge in [-0.05, 0) is 43.9 Å². The molecule has 1 aromatic rings. The third-order valence-electron chi connectivity index (χ3n) is 4.88. The minimum atomic E-state index is 0.690. The van der Waals surface area contributed by atoms with Gasteiger partial charge in [-0.3, -0.25) is 0 Å². The molecule has 3 heteroatoms. The molecule has 1 aliphatic heterocycles. The van der Waals surface area contributed by atoms with Crippen LogP contribution in [0.1, 0.15) is 37.7 Å². The first-order chi connectivity index (χ1) is 9.72. The van der Waals surface area contributed by atoms with Crippen molar-refractivity contribution in [2.75, 3.05) is 13.6 Å². The van der Waals surface area contributed by atoms with Crippen LogP contribution < -0.4 is 5.32 Å². The zero-order valence-corrected chi connectivity index (χ0v) is 13.9. The zero-order valence-electron chi connectivity index (χ0n) is 12.3. The van der Waals surface area contributed by atoms with E-state index in [1.165, 1.54) is 42.1 Å². The van der Waals surface area contributed by atoms with Crippen LogP contribution in [-0.2, 0) is 6.54 Å². The van der Waals surface area contributed by atoms with E-state index in [0.29, 0.717) is 6.04 Å². The lowest BCUT2D eigenvalue weighted by molar-refractivity contribution is 0.288. The molecule has 0 aromatic heterocycles. The summed E-state index contributed by atoms with van der Waals surface area (Å²) in [7, 11) is 2.24. The standard InChI is InChI=1S/C17H25BrN2/c1-20(11-14-7-2-4-8-16(14)18)12-15-10-13-6-3-5-9-17(13)19-15/h2,4,7-8,13,15,17,19H,3,5-6,9-12H2,1H3. The van der Waals surface area contributed by atoms with Gasteiger partial charge in [0.1, 0.15) is 0 Å². The molecule has 0 spiro atoms. The van der Waals surface area contributed by atoms with Crippen LogP contribution in [0.3, 0.4) is 0 Å².